The van der Waals surface area contributed by atoms with Gasteiger partial charge in [-0.1, -0.05) is 0 Å². The van der Waals surface area contributed by atoms with Gasteiger partial charge in [0.05, 0.1) is 13.7 Å². The highest BCUT2D eigenvalue weighted by molar-refractivity contribution is 5.81. The van der Waals surface area contributed by atoms with Crippen LogP contribution in [0.4, 0.5) is 4.79 Å². The van der Waals surface area contributed by atoms with Crippen LogP contribution in [-0.4, -0.2) is 90.7 Å². The van der Waals surface area contributed by atoms with Crippen molar-refractivity contribution in [2.75, 3.05) is 52.9 Å². The van der Waals surface area contributed by atoms with Crippen LogP contribution < -0.4 is 0 Å². The molecular weight excluding hydrogens is 266 g/mol. The number of nitrogens with zero attached hydrogens (tertiary/aromatic N) is 3. The number of carboxylic acid groups (broad SMARTS) is 1. The molecule has 1 aliphatic rings. The highest BCUT2D eigenvalue weighted by Crippen LogP contribution is 2.06. The van der Waals surface area contributed by atoms with Gasteiger partial charge in [0.15, 0.2) is 0 Å². The molecule has 0 unspecified atom stereocenters. The third-order valence-electron chi connectivity index (χ3n) is 3.20. The first-order valence-electron chi connectivity index (χ1n) is 6.52. The first-order chi connectivity index (χ1) is 9.47. The topological polar surface area (TPSA) is 90.4 Å². The molecule has 1 heterocycles. The molecule has 8 heteroatoms. The highest BCUT2D eigenvalue weighted by atomic mass is 16.5. The zero-order chi connectivity index (χ0) is 15.1. The predicted octanol–water partition coefficient (Wildman–Crippen LogP) is -0.696. The maximum absolute atomic E-state index is 12.2. The van der Waals surface area contributed by atoms with Crippen molar-refractivity contribution in [2.45, 2.75) is 6.92 Å². The second kappa shape index (κ2) is 7.68. The molecule has 0 radical (unpaired) electrons. The van der Waals surface area contributed by atoms with Gasteiger partial charge in [0, 0.05) is 32.7 Å². The maximum Gasteiger partial charge on any atom is 0.325 e. The smallest absolute Gasteiger partial charge is 0.325 e. The molecule has 0 aromatic heterocycles. The molecule has 0 bridgehead atoms. The van der Waals surface area contributed by atoms with Crippen molar-refractivity contribution < 1.29 is 24.2 Å². The minimum atomic E-state index is -0.870. The van der Waals surface area contributed by atoms with Gasteiger partial charge in [-0.25, -0.2) is 4.79 Å². The van der Waals surface area contributed by atoms with Gasteiger partial charge >= 0.3 is 18.0 Å². The summed E-state index contributed by atoms with van der Waals surface area (Å²) in [5.41, 5.74) is 0. The van der Waals surface area contributed by atoms with Crippen LogP contribution in [0.1, 0.15) is 6.92 Å². The van der Waals surface area contributed by atoms with Crippen molar-refractivity contribution in [1.82, 2.24) is 14.7 Å². The fraction of sp³-hybridized carbons (Fsp3) is 0.750. The van der Waals surface area contributed by atoms with Gasteiger partial charge in [-0.05, 0) is 6.92 Å². The van der Waals surface area contributed by atoms with Gasteiger partial charge in [0.25, 0.3) is 0 Å². The third-order valence-corrected chi connectivity index (χ3v) is 3.20. The summed E-state index contributed by atoms with van der Waals surface area (Å²) in [5.74, 6) is -1.32. The Kier molecular flexibility index (Phi) is 6.23. The summed E-state index contributed by atoms with van der Waals surface area (Å²) in [6.07, 6.45) is 0. The van der Waals surface area contributed by atoms with Crippen molar-refractivity contribution in [3.63, 3.8) is 0 Å². The van der Waals surface area contributed by atoms with E-state index >= 15 is 0 Å². The van der Waals surface area contributed by atoms with Gasteiger partial charge in [0.2, 0.25) is 0 Å². The van der Waals surface area contributed by atoms with Crippen molar-refractivity contribution in [1.29, 1.82) is 0 Å². The number of rotatable bonds is 5. The summed E-state index contributed by atoms with van der Waals surface area (Å²) in [5, 5.41) is 8.71. The first kappa shape index (κ1) is 16.2. The summed E-state index contributed by atoms with van der Waals surface area (Å²) in [6, 6.07) is -0.215. The maximum atomic E-state index is 12.2. The van der Waals surface area contributed by atoms with E-state index in [-0.39, 0.29) is 19.1 Å². The Morgan fingerprint density at radius 1 is 1.20 bits per heavy atom. The number of esters is 1. The van der Waals surface area contributed by atoms with E-state index in [1.807, 2.05) is 0 Å². The van der Waals surface area contributed by atoms with Crippen LogP contribution in [0.15, 0.2) is 0 Å². The van der Waals surface area contributed by atoms with Gasteiger partial charge < -0.3 is 19.6 Å². The molecule has 20 heavy (non-hydrogen) atoms. The predicted molar refractivity (Wildman–Crippen MR) is 70.3 cm³/mol. The Hall–Kier alpha value is -1.83. The summed E-state index contributed by atoms with van der Waals surface area (Å²) in [6.45, 7) is 4.10. The lowest BCUT2D eigenvalue weighted by Crippen LogP contribution is -2.54. The number of hydrogen-bond acceptors (Lipinski definition) is 5. The number of methoxy groups -OCH3 is 1. The molecule has 1 saturated heterocycles. The number of piperazine rings is 1. The van der Waals surface area contributed by atoms with Gasteiger partial charge in [-0.15, -0.1) is 0 Å². The number of carboxylic acids is 1. The number of likely N-dealkylation sites (N-methyl/N-ethyl adjacent to an activating group) is 1. The summed E-state index contributed by atoms with van der Waals surface area (Å²) in [4.78, 5) is 38.9. The molecule has 0 atom stereocenters. The largest absolute Gasteiger partial charge is 0.480 e. The second-order valence-electron chi connectivity index (χ2n) is 4.53. The van der Waals surface area contributed by atoms with E-state index in [0.717, 1.165) is 0 Å². The molecular formula is C12H21N3O5. The highest BCUT2D eigenvalue weighted by Gasteiger charge is 2.26. The van der Waals surface area contributed by atoms with E-state index in [9.17, 15) is 14.4 Å². The van der Waals surface area contributed by atoms with E-state index < -0.39 is 11.9 Å². The molecule has 1 N–H and O–H groups in total. The van der Waals surface area contributed by atoms with Crippen LogP contribution in [0.3, 0.4) is 0 Å². The Labute approximate surface area is 117 Å². The second-order valence-corrected chi connectivity index (χ2v) is 4.53. The van der Waals surface area contributed by atoms with Crippen LogP contribution in [0.25, 0.3) is 0 Å². The molecule has 0 saturated carbocycles. The van der Waals surface area contributed by atoms with Crippen LogP contribution in [0.5, 0.6) is 0 Å². The molecule has 1 aliphatic heterocycles. The van der Waals surface area contributed by atoms with Gasteiger partial charge in [0.1, 0.15) is 6.54 Å². The minimum Gasteiger partial charge on any atom is -0.480 e. The zero-order valence-electron chi connectivity index (χ0n) is 11.9. The fourth-order valence-corrected chi connectivity index (χ4v) is 2.02. The number of amides is 2. The van der Waals surface area contributed by atoms with Crippen LogP contribution in [0.2, 0.25) is 0 Å². The summed E-state index contributed by atoms with van der Waals surface area (Å²) in [7, 11) is 1.28. The lowest BCUT2D eigenvalue weighted by atomic mass is 10.3. The molecule has 114 valence electrons. The van der Waals surface area contributed by atoms with Crippen LogP contribution >= 0.6 is 0 Å². The van der Waals surface area contributed by atoms with E-state index in [0.29, 0.717) is 32.7 Å². The van der Waals surface area contributed by atoms with Gasteiger partial charge in [-0.2, -0.15) is 0 Å². The zero-order valence-corrected chi connectivity index (χ0v) is 11.9. The molecule has 0 aliphatic carbocycles. The molecule has 1 fully saturated rings. The van der Waals surface area contributed by atoms with Crippen molar-refractivity contribution in [3.05, 3.63) is 0 Å². The molecule has 0 spiro atoms. The number of aliphatic carboxylic acids is 1. The van der Waals surface area contributed by atoms with E-state index in [1.165, 1.54) is 12.0 Å². The lowest BCUT2D eigenvalue weighted by molar-refractivity contribution is -0.141. The van der Waals surface area contributed by atoms with Crippen molar-refractivity contribution >= 4 is 18.0 Å². The summed E-state index contributed by atoms with van der Waals surface area (Å²) >= 11 is 0. The number of carbonyl (C=O) groups is 3. The quantitative estimate of drug-likeness (QED) is 0.673. The Morgan fingerprint density at radius 3 is 2.25 bits per heavy atom. The number of urea groups is 1. The monoisotopic (exact) mass is 287 g/mol. The van der Waals surface area contributed by atoms with E-state index in [1.54, 1.807) is 16.7 Å². The third kappa shape index (κ3) is 4.69. The van der Waals surface area contributed by atoms with Crippen molar-refractivity contribution in [2.24, 2.45) is 0 Å². The van der Waals surface area contributed by atoms with Crippen molar-refractivity contribution in [3.8, 4) is 0 Å². The fourth-order valence-electron chi connectivity index (χ4n) is 2.02. The molecule has 2 amide bonds. The van der Waals surface area contributed by atoms with Gasteiger partial charge in [-0.3, -0.25) is 14.5 Å². The molecule has 8 nitrogen and oxygen atoms in total. The molecule has 0 aromatic carbocycles. The normalized spacial score (nSPS) is 15.8. The number of hydrogen-bond donors (Lipinski definition) is 1. The van der Waals surface area contributed by atoms with E-state index in [2.05, 4.69) is 4.74 Å². The average Bonchev–Trinajstić information content (AvgIpc) is 2.44. The Bertz CT molecular complexity index is 366. The Balaban J connectivity index is 2.48. The number of ether oxygens (including phenoxy) is 1. The summed E-state index contributed by atoms with van der Waals surface area (Å²) < 4.78 is 4.56. The standard InChI is InChI=1S/C12H21N3O5/c1-3-14(9-11(18)20-2)12(19)15-6-4-13(5-7-15)8-10(16)17/h3-9H2,1-2H3,(H,16,17). The molecule has 1 rings (SSSR count). The lowest BCUT2D eigenvalue weighted by Gasteiger charge is -2.36. The minimum absolute atomic E-state index is 0.0122. The SMILES string of the molecule is CCN(CC(=O)OC)C(=O)N1CCN(CC(=O)O)CC1. The Morgan fingerprint density at radius 2 is 1.80 bits per heavy atom. The average molecular weight is 287 g/mol. The number of carbonyl (C=O) groups excluding carboxylic acids is 2. The van der Waals surface area contributed by atoms with Crippen LogP contribution in [-0.2, 0) is 14.3 Å². The van der Waals surface area contributed by atoms with Crippen LogP contribution in [0, 0.1) is 0 Å². The van der Waals surface area contributed by atoms with E-state index in [4.69, 9.17) is 5.11 Å². The first-order valence-corrected chi connectivity index (χ1v) is 6.52. The molecule has 0 aromatic rings.